The molecule has 0 aromatic heterocycles. The van der Waals surface area contributed by atoms with Crippen molar-refractivity contribution in [2.24, 2.45) is 0 Å². The van der Waals surface area contributed by atoms with E-state index < -0.39 is 11.4 Å². The summed E-state index contributed by atoms with van der Waals surface area (Å²) in [6, 6.07) is 4.58. The molecule has 0 spiro atoms. The SMILES string of the molecule is COc1ccc(C(=O)C2(N3CCCC3)CCCC2)cc1F. The highest BCUT2D eigenvalue weighted by Gasteiger charge is 2.46. The summed E-state index contributed by atoms with van der Waals surface area (Å²) < 4.78 is 18.8. The van der Waals surface area contributed by atoms with Crippen LogP contribution in [0.2, 0.25) is 0 Å². The van der Waals surface area contributed by atoms with Crippen molar-refractivity contribution >= 4 is 5.78 Å². The van der Waals surface area contributed by atoms with Crippen LogP contribution in [0.3, 0.4) is 0 Å². The van der Waals surface area contributed by atoms with Crippen LogP contribution in [0, 0.1) is 5.82 Å². The van der Waals surface area contributed by atoms with Gasteiger partial charge in [-0.1, -0.05) is 12.8 Å². The van der Waals surface area contributed by atoms with E-state index in [1.165, 1.54) is 13.2 Å². The van der Waals surface area contributed by atoms with Crippen molar-refractivity contribution in [2.45, 2.75) is 44.1 Å². The summed E-state index contributed by atoms with van der Waals surface area (Å²) in [5.41, 5.74) is 0.0828. The highest BCUT2D eigenvalue weighted by Crippen LogP contribution is 2.40. The molecular formula is C17H22FNO2. The van der Waals surface area contributed by atoms with Crippen molar-refractivity contribution in [1.29, 1.82) is 0 Å². The third-order valence-electron chi connectivity index (χ3n) is 4.98. The first-order chi connectivity index (χ1) is 10.2. The molecule has 0 amide bonds. The Kier molecular flexibility index (Phi) is 3.98. The zero-order chi connectivity index (χ0) is 14.9. The average molecular weight is 291 g/mol. The second-order valence-electron chi connectivity index (χ2n) is 6.11. The number of Topliss-reactive ketones (excluding diaryl/α,β-unsaturated/α-hetero) is 1. The standard InChI is InChI=1S/C17H22FNO2/c1-21-15-7-6-13(12-14(15)18)16(20)17(8-2-3-9-17)19-10-4-5-11-19/h6-7,12H,2-5,8-11H2,1H3. The van der Waals surface area contributed by atoms with Crippen LogP contribution in [0.25, 0.3) is 0 Å². The number of carbonyl (C=O) groups is 1. The number of carbonyl (C=O) groups excluding carboxylic acids is 1. The second-order valence-corrected chi connectivity index (χ2v) is 6.11. The van der Waals surface area contributed by atoms with Gasteiger partial charge >= 0.3 is 0 Å². The highest BCUT2D eigenvalue weighted by atomic mass is 19.1. The van der Waals surface area contributed by atoms with Crippen LogP contribution >= 0.6 is 0 Å². The fourth-order valence-electron chi connectivity index (χ4n) is 3.87. The monoisotopic (exact) mass is 291 g/mol. The number of benzene rings is 1. The third kappa shape index (κ3) is 2.46. The molecule has 1 saturated carbocycles. The fraction of sp³-hybridized carbons (Fsp3) is 0.588. The van der Waals surface area contributed by atoms with Gasteiger partial charge in [0.2, 0.25) is 0 Å². The number of hydrogen-bond acceptors (Lipinski definition) is 3. The van der Waals surface area contributed by atoms with Gasteiger partial charge in [0.05, 0.1) is 12.6 Å². The van der Waals surface area contributed by atoms with Gasteiger partial charge in [-0.3, -0.25) is 9.69 Å². The topological polar surface area (TPSA) is 29.5 Å². The van der Waals surface area contributed by atoms with Gasteiger partial charge in [-0.15, -0.1) is 0 Å². The molecule has 1 aliphatic carbocycles. The predicted molar refractivity (Wildman–Crippen MR) is 79.3 cm³/mol. The third-order valence-corrected chi connectivity index (χ3v) is 4.98. The minimum Gasteiger partial charge on any atom is -0.494 e. The predicted octanol–water partition coefficient (Wildman–Crippen LogP) is 3.43. The van der Waals surface area contributed by atoms with E-state index in [0.29, 0.717) is 5.56 Å². The molecule has 0 atom stereocenters. The van der Waals surface area contributed by atoms with E-state index in [0.717, 1.165) is 51.6 Å². The van der Waals surface area contributed by atoms with Crippen LogP contribution in [-0.2, 0) is 0 Å². The van der Waals surface area contributed by atoms with Crippen LogP contribution in [0.1, 0.15) is 48.9 Å². The van der Waals surface area contributed by atoms with E-state index in [-0.39, 0.29) is 11.5 Å². The number of ketones is 1. The molecule has 114 valence electrons. The number of likely N-dealkylation sites (tertiary alicyclic amines) is 1. The Balaban J connectivity index is 1.92. The first-order valence-corrected chi connectivity index (χ1v) is 7.81. The lowest BCUT2D eigenvalue weighted by Crippen LogP contribution is -2.51. The van der Waals surface area contributed by atoms with Crippen molar-refractivity contribution in [3.05, 3.63) is 29.6 Å². The van der Waals surface area contributed by atoms with Crippen molar-refractivity contribution in [3.8, 4) is 5.75 Å². The van der Waals surface area contributed by atoms with Crippen LogP contribution < -0.4 is 4.74 Å². The Morgan fingerprint density at radius 3 is 2.43 bits per heavy atom. The van der Waals surface area contributed by atoms with Crippen LogP contribution in [-0.4, -0.2) is 36.4 Å². The molecule has 0 unspecified atom stereocenters. The summed E-state index contributed by atoms with van der Waals surface area (Å²) in [5, 5.41) is 0. The lowest BCUT2D eigenvalue weighted by Gasteiger charge is -2.37. The smallest absolute Gasteiger partial charge is 0.183 e. The molecule has 0 bridgehead atoms. The van der Waals surface area contributed by atoms with Gasteiger partial charge in [-0.25, -0.2) is 4.39 Å². The van der Waals surface area contributed by atoms with E-state index in [2.05, 4.69) is 4.90 Å². The Labute approximate surface area is 125 Å². The van der Waals surface area contributed by atoms with Crippen LogP contribution in [0.15, 0.2) is 18.2 Å². The Bertz CT molecular complexity index is 532. The Morgan fingerprint density at radius 1 is 1.19 bits per heavy atom. The maximum atomic E-state index is 13.9. The van der Waals surface area contributed by atoms with Gasteiger partial charge < -0.3 is 4.74 Å². The number of rotatable bonds is 4. The Hall–Kier alpha value is -1.42. The lowest BCUT2D eigenvalue weighted by molar-refractivity contribution is 0.0626. The number of ether oxygens (including phenoxy) is 1. The van der Waals surface area contributed by atoms with Gasteiger partial charge in [0.15, 0.2) is 17.3 Å². The van der Waals surface area contributed by atoms with E-state index in [9.17, 15) is 9.18 Å². The molecule has 1 aliphatic heterocycles. The summed E-state index contributed by atoms with van der Waals surface area (Å²) in [4.78, 5) is 15.4. The summed E-state index contributed by atoms with van der Waals surface area (Å²) in [7, 11) is 1.43. The molecule has 2 fully saturated rings. The van der Waals surface area contributed by atoms with Gasteiger partial charge in [0.25, 0.3) is 0 Å². The van der Waals surface area contributed by atoms with Gasteiger partial charge in [-0.05, 0) is 57.0 Å². The van der Waals surface area contributed by atoms with Gasteiger partial charge in [0, 0.05) is 5.56 Å². The van der Waals surface area contributed by atoms with E-state index in [1.807, 2.05) is 0 Å². The molecule has 3 rings (SSSR count). The number of nitrogens with zero attached hydrogens (tertiary/aromatic N) is 1. The number of halogens is 1. The second kappa shape index (κ2) is 5.76. The van der Waals surface area contributed by atoms with E-state index in [1.54, 1.807) is 12.1 Å². The summed E-state index contributed by atoms with van der Waals surface area (Å²) >= 11 is 0. The van der Waals surface area contributed by atoms with Gasteiger partial charge in [0.1, 0.15) is 0 Å². The summed E-state index contributed by atoms with van der Waals surface area (Å²) in [6.07, 6.45) is 6.29. The van der Waals surface area contributed by atoms with E-state index >= 15 is 0 Å². The summed E-state index contributed by atoms with van der Waals surface area (Å²) in [6.45, 7) is 1.98. The molecule has 1 heterocycles. The normalized spacial score (nSPS) is 21.6. The molecule has 1 aromatic carbocycles. The van der Waals surface area contributed by atoms with Crippen molar-refractivity contribution in [1.82, 2.24) is 4.90 Å². The van der Waals surface area contributed by atoms with Crippen molar-refractivity contribution in [2.75, 3.05) is 20.2 Å². The molecular weight excluding hydrogens is 269 g/mol. The number of methoxy groups -OCH3 is 1. The first-order valence-electron chi connectivity index (χ1n) is 7.81. The average Bonchev–Trinajstić information content (AvgIpc) is 3.17. The lowest BCUT2D eigenvalue weighted by atomic mass is 9.86. The largest absolute Gasteiger partial charge is 0.494 e. The van der Waals surface area contributed by atoms with Crippen molar-refractivity contribution < 1.29 is 13.9 Å². The molecule has 0 radical (unpaired) electrons. The first kappa shape index (κ1) is 14.5. The Morgan fingerprint density at radius 2 is 1.86 bits per heavy atom. The van der Waals surface area contributed by atoms with Crippen molar-refractivity contribution in [3.63, 3.8) is 0 Å². The molecule has 21 heavy (non-hydrogen) atoms. The highest BCUT2D eigenvalue weighted by molar-refractivity contribution is 6.03. The van der Waals surface area contributed by atoms with Crippen LogP contribution in [0.4, 0.5) is 4.39 Å². The molecule has 3 nitrogen and oxygen atoms in total. The quantitative estimate of drug-likeness (QED) is 0.796. The zero-order valence-electron chi connectivity index (χ0n) is 12.5. The number of hydrogen-bond donors (Lipinski definition) is 0. The van der Waals surface area contributed by atoms with Crippen LogP contribution in [0.5, 0.6) is 5.75 Å². The van der Waals surface area contributed by atoms with Gasteiger partial charge in [-0.2, -0.15) is 0 Å². The minimum atomic E-state index is -0.460. The zero-order valence-corrected chi connectivity index (χ0v) is 12.5. The molecule has 4 heteroatoms. The molecule has 0 N–H and O–H groups in total. The molecule has 1 saturated heterocycles. The van der Waals surface area contributed by atoms with E-state index in [4.69, 9.17) is 4.74 Å². The molecule has 1 aromatic rings. The maximum Gasteiger partial charge on any atom is 0.183 e. The maximum absolute atomic E-state index is 13.9. The summed E-state index contributed by atoms with van der Waals surface area (Å²) in [5.74, 6) is -0.186. The minimum absolute atomic E-state index is 0.0865. The fourth-order valence-corrected chi connectivity index (χ4v) is 3.87. The molecule has 2 aliphatic rings.